The van der Waals surface area contributed by atoms with Crippen LogP contribution in [0.4, 0.5) is 5.69 Å². The molecular formula is C21H24N2O. The largest absolute Gasteiger partial charge is 0.325 e. The minimum absolute atomic E-state index is 0.0447. The third-order valence-corrected chi connectivity index (χ3v) is 5.34. The molecule has 1 unspecified atom stereocenters. The average molecular weight is 320 g/mol. The van der Waals surface area contributed by atoms with Gasteiger partial charge in [0.25, 0.3) is 0 Å². The molecule has 2 aromatic rings. The van der Waals surface area contributed by atoms with E-state index in [2.05, 4.69) is 40.5 Å². The molecule has 3 heteroatoms. The van der Waals surface area contributed by atoms with Crippen molar-refractivity contribution in [2.75, 3.05) is 18.4 Å². The lowest BCUT2D eigenvalue weighted by molar-refractivity contribution is -0.117. The molecule has 0 spiro atoms. The molecule has 1 N–H and O–H groups in total. The van der Waals surface area contributed by atoms with Gasteiger partial charge in [0.15, 0.2) is 0 Å². The molecule has 0 saturated heterocycles. The molecule has 0 bridgehead atoms. The van der Waals surface area contributed by atoms with Crippen molar-refractivity contribution in [2.24, 2.45) is 0 Å². The van der Waals surface area contributed by atoms with Crippen molar-refractivity contribution >= 4 is 11.6 Å². The normalized spacial score (nSPS) is 19.7. The lowest BCUT2D eigenvalue weighted by Crippen LogP contribution is -2.31. The Balaban J connectivity index is 1.27. The van der Waals surface area contributed by atoms with Crippen LogP contribution in [0, 0.1) is 0 Å². The van der Waals surface area contributed by atoms with Crippen molar-refractivity contribution in [3.8, 4) is 0 Å². The topological polar surface area (TPSA) is 32.3 Å². The first-order valence-electron chi connectivity index (χ1n) is 9.00. The van der Waals surface area contributed by atoms with Crippen LogP contribution in [-0.4, -0.2) is 23.9 Å². The number of anilines is 1. The smallest absolute Gasteiger partial charge is 0.232 e. The minimum atomic E-state index is 0.0447. The van der Waals surface area contributed by atoms with E-state index in [0.29, 0.717) is 0 Å². The lowest BCUT2D eigenvalue weighted by atomic mass is 9.94. The Labute approximate surface area is 143 Å². The fourth-order valence-corrected chi connectivity index (χ4v) is 3.99. The number of nitrogens with one attached hydrogen (secondary N) is 1. The molecule has 2 heterocycles. The highest BCUT2D eigenvalue weighted by Gasteiger charge is 2.29. The first kappa shape index (κ1) is 15.4. The number of fused-ring (bicyclic) bond motifs is 2. The van der Waals surface area contributed by atoms with E-state index in [1.165, 1.54) is 16.7 Å². The number of carbonyl (C=O) groups excluding carboxylic acids is 1. The van der Waals surface area contributed by atoms with Crippen LogP contribution in [0.3, 0.4) is 0 Å². The van der Waals surface area contributed by atoms with Gasteiger partial charge in [-0.05, 0) is 48.6 Å². The molecule has 0 aromatic heterocycles. The van der Waals surface area contributed by atoms with Crippen molar-refractivity contribution in [2.45, 2.75) is 38.1 Å². The summed E-state index contributed by atoms with van der Waals surface area (Å²) in [5.74, 6) is 0.214. The lowest BCUT2D eigenvalue weighted by Gasteiger charge is -2.28. The molecule has 24 heavy (non-hydrogen) atoms. The Hall–Kier alpha value is -2.13. The summed E-state index contributed by atoms with van der Waals surface area (Å²) in [6.45, 7) is 3.36. The maximum atomic E-state index is 12.1. The molecule has 0 aliphatic carbocycles. The second-order valence-electron chi connectivity index (χ2n) is 6.92. The second-order valence-corrected chi connectivity index (χ2v) is 6.92. The van der Waals surface area contributed by atoms with Crippen LogP contribution in [0.2, 0.25) is 0 Å². The molecule has 2 aliphatic rings. The summed E-state index contributed by atoms with van der Waals surface area (Å²) in [7, 11) is 0. The molecule has 4 rings (SSSR count). The van der Waals surface area contributed by atoms with Gasteiger partial charge in [0.2, 0.25) is 5.91 Å². The molecular weight excluding hydrogens is 296 g/mol. The first-order valence-corrected chi connectivity index (χ1v) is 9.00. The fraction of sp³-hybridized carbons (Fsp3) is 0.381. The molecule has 2 aromatic carbocycles. The van der Waals surface area contributed by atoms with E-state index in [-0.39, 0.29) is 11.8 Å². The summed E-state index contributed by atoms with van der Waals surface area (Å²) in [6, 6.07) is 16.9. The number of hydrogen-bond donors (Lipinski definition) is 1. The number of amides is 1. The van der Waals surface area contributed by atoms with Gasteiger partial charge in [-0.2, -0.15) is 0 Å². The summed E-state index contributed by atoms with van der Waals surface area (Å²) in [5, 5.41) is 3.00. The molecule has 0 saturated carbocycles. The highest BCUT2D eigenvalue weighted by molar-refractivity contribution is 6.02. The molecule has 2 aliphatic heterocycles. The Morgan fingerprint density at radius 2 is 1.79 bits per heavy atom. The van der Waals surface area contributed by atoms with Crippen LogP contribution < -0.4 is 5.32 Å². The zero-order valence-corrected chi connectivity index (χ0v) is 14.0. The highest BCUT2D eigenvalue weighted by Crippen LogP contribution is 2.35. The van der Waals surface area contributed by atoms with Gasteiger partial charge in [-0.1, -0.05) is 48.9 Å². The summed E-state index contributed by atoms with van der Waals surface area (Å²) >= 11 is 0. The maximum absolute atomic E-state index is 12.1. The Morgan fingerprint density at radius 1 is 1.00 bits per heavy atom. The quantitative estimate of drug-likeness (QED) is 0.846. The average Bonchev–Trinajstić information content (AvgIpc) is 2.94. The van der Waals surface area contributed by atoms with Crippen molar-refractivity contribution in [3.05, 3.63) is 65.2 Å². The van der Waals surface area contributed by atoms with Gasteiger partial charge < -0.3 is 5.32 Å². The molecule has 0 radical (unpaired) electrons. The summed E-state index contributed by atoms with van der Waals surface area (Å²) in [4.78, 5) is 14.7. The van der Waals surface area contributed by atoms with E-state index in [9.17, 15) is 4.79 Å². The monoisotopic (exact) mass is 320 g/mol. The van der Waals surface area contributed by atoms with Crippen molar-refractivity contribution in [1.29, 1.82) is 0 Å². The van der Waals surface area contributed by atoms with Crippen LogP contribution in [0.25, 0.3) is 0 Å². The Morgan fingerprint density at radius 3 is 2.71 bits per heavy atom. The molecule has 3 nitrogen and oxygen atoms in total. The third-order valence-electron chi connectivity index (χ3n) is 5.34. The summed E-state index contributed by atoms with van der Waals surface area (Å²) in [6.07, 6.45) is 4.38. The minimum Gasteiger partial charge on any atom is -0.325 e. The van der Waals surface area contributed by atoms with Crippen LogP contribution in [0.1, 0.15) is 41.9 Å². The van der Waals surface area contributed by atoms with E-state index in [0.717, 1.165) is 51.0 Å². The third kappa shape index (κ3) is 3.09. The number of benzene rings is 2. The number of nitrogens with zero attached hydrogens (tertiary/aromatic N) is 1. The highest BCUT2D eigenvalue weighted by atomic mass is 16.2. The van der Waals surface area contributed by atoms with Crippen molar-refractivity contribution in [3.63, 3.8) is 0 Å². The molecule has 1 atom stereocenters. The van der Waals surface area contributed by atoms with Crippen molar-refractivity contribution < 1.29 is 4.79 Å². The van der Waals surface area contributed by atoms with Crippen LogP contribution in [0.15, 0.2) is 48.5 Å². The van der Waals surface area contributed by atoms with Gasteiger partial charge in [-0.3, -0.25) is 9.69 Å². The number of para-hydroxylation sites is 1. The van der Waals surface area contributed by atoms with E-state index in [1.54, 1.807) is 0 Å². The van der Waals surface area contributed by atoms with Crippen LogP contribution >= 0.6 is 0 Å². The SMILES string of the molecule is O=C1Nc2ccccc2C1CCCCN1CCc2ccccc2C1. The van der Waals surface area contributed by atoms with Gasteiger partial charge in [-0.15, -0.1) is 0 Å². The van der Waals surface area contributed by atoms with Gasteiger partial charge in [0, 0.05) is 18.8 Å². The predicted molar refractivity (Wildman–Crippen MR) is 97.1 cm³/mol. The number of unbranched alkanes of at least 4 members (excludes halogenated alkanes) is 1. The van der Waals surface area contributed by atoms with Gasteiger partial charge in [0.1, 0.15) is 0 Å². The molecule has 124 valence electrons. The molecule has 1 amide bonds. The zero-order chi connectivity index (χ0) is 16.4. The first-order chi connectivity index (χ1) is 11.8. The van der Waals surface area contributed by atoms with E-state index >= 15 is 0 Å². The van der Waals surface area contributed by atoms with E-state index < -0.39 is 0 Å². The number of hydrogen-bond acceptors (Lipinski definition) is 2. The van der Waals surface area contributed by atoms with Gasteiger partial charge in [-0.25, -0.2) is 0 Å². The van der Waals surface area contributed by atoms with Gasteiger partial charge in [0.05, 0.1) is 5.92 Å². The van der Waals surface area contributed by atoms with Crippen molar-refractivity contribution in [1.82, 2.24) is 4.90 Å². The summed E-state index contributed by atoms with van der Waals surface area (Å²) in [5.41, 5.74) is 5.16. The van der Waals surface area contributed by atoms with Crippen LogP contribution in [0.5, 0.6) is 0 Å². The van der Waals surface area contributed by atoms with E-state index in [4.69, 9.17) is 0 Å². The van der Waals surface area contributed by atoms with Gasteiger partial charge >= 0.3 is 0 Å². The number of carbonyl (C=O) groups is 1. The Kier molecular flexibility index (Phi) is 4.35. The van der Waals surface area contributed by atoms with Crippen LogP contribution in [-0.2, 0) is 17.8 Å². The predicted octanol–water partition coefficient (Wildman–Crippen LogP) is 3.95. The van der Waals surface area contributed by atoms with E-state index in [1.807, 2.05) is 18.2 Å². The standard InChI is InChI=1S/C21H24N2O/c24-21-19(18-9-3-4-11-20(18)22-21)10-5-6-13-23-14-12-16-7-1-2-8-17(16)15-23/h1-4,7-9,11,19H,5-6,10,12-15H2,(H,22,24). The Bertz CT molecular complexity index is 740. The fourth-order valence-electron chi connectivity index (χ4n) is 3.99. The zero-order valence-electron chi connectivity index (χ0n) is 14.0. The maximum Gasteiger partial charge on any atom is 0.232 e. The summed E-state index contributed by atoms with van der Waals surface area (Å²) < 4.78 is 0. The second kappa shape index (κ2) is 6.78. The number of rotatable bonds is 5. The molecule has 0 fully saturated rings.